The van der Waals surface area contributed by atoms with Crippen LogP contribution in [0, 0.1) is 5.92 Å². The molecule has 124 valence electrons. The molecule has 8 heteroatoms. The van der Waals surface area contributed by atoms with E-state index < -0.39 is 10.0 Å². The molecule has 0 amide bonds. The second-order valence-corrected chi connectivity index (χ2v) is 8.11. The summed E-state index contributed by atoms with van der Waals surface area (Å²) in [4.78, 5) is 8.93. The normalized spacial score (nSPS) is 19.8. The van der Waals surface area contributed by atoms with E-state index in [4.69, 9.17) is 0 Å². The van der Waals surface area contributed by atoms with Crippen LogP contribution >= 0.6 is 0 Å². The molecule has 7 nitrogen and oxygen atoms in total. The maximum absolute atomic E-state index is 11.7. The molecule has 2 aromatic heterocycles. The Balaban J connectivity index is 1.66. The zero-order chi connectivity index (χ0) is 16.4. The summed E-state index contributed by atoms with van der Waals surface area (Å²) < 4.78 is 26.7. The van der Waals surface area contributed by atoms with Gasteiger partial charge in [-0.15, -0.1) is 0 Å². The van der Waals surface area contributed by atoms with E-state index in [9.17, 15) is 8.42 Å². The van der Waals surface area contributed by atoms with E-state index in [1.54, 1.807) is 27.6 Å². The SMILES string of the molecule is Cn1cc(-c2cnc(C[C@H]3CCCN(S(C)(=O)=O)C3)cn2)cn1. The lowest BCUT2D eigenvalue weighted by molar-refractivity contribution is 0.265. The minimum atomic E-state index is -3.10. The molecular weight excluding hydrogens is 314 g/mol. The first-order valence-electron chi connectivity index (χ1n) is 7.67. The average molecular weight is 335 g/mol. The molecule has 1 fully saturated rings. The molecule has 0 aromatic carbocycles. The van der Waals surface area contributed by atoms with Gasteiger partial charge in [-0.25, -0.2) is 12.7 Å². The van der Waals surface area contributed by atoms with Crippen molar-refractivity contribution < 1.29 is 8.42 Å². The second-order valence-electron chi connectivity index (χ2n) is 6.13. The van der Waals surface area contributed by atoms with E-state index >= 15 is 0 Å². The third kappa shape index (κ3) is 3.94. The Morgan fingerprint density at radius 3 is 2.70 bits per heavy atom. The van der Waals surface area contributed by atoms with E-state index in [2.05, 4.69) is 15.1 Å². The summed E-state index contributed by atoms with van der Waals surface area (Å²) in [5.41, 5.74) is 2.63. The van der Waals surface area contributed by atoms with E-state index in [1.165, 1.54) is 6.26 Å². The molecule has 0 N–H and O–H groups in total. The fourth-order valence-electron chi connectivity index (χ4n) is 2.95. The fraction of sp³-hybridized carbons (Fsp3) is 0.533. The van der Waals surface area contributed by atoms with Crippen LogP contribution in [0.2, 0.25) is 0 Å². The maximum atomic E-state index is 11.7. The Kier molecular flexibility index (Phi) is 4.45. The first kappa shape index (κ1) is 16.1. The number of rotatable bonds is 4. The highest BCUT2D eigenvalue weighted by Gasteiger charge is 2.26. The fourth-order valence-corrected chi connectivity index (χ4v) is 3.90. The lowest BCUT2D eigenvalue weighted by atomic mass is 9.95. The molecule has 1 aliphatic heterocycles. The molecular formula is C15H21N5O2S. The van der Waals surface area contributed by atoms with Gasteiger partial charge >= 0.3 is 0 Å². The smallest absolute Gasteiger partial charge is 0.211 e. The molecule has 1 aliphatic rings. The maximum Gasteiger partial charge on any atom is 0.211 e. The Hall–Kier alpha value is -1.80. The summed E-state index contributed by atoms with van der Waals surface area (Å²) in [6.45, 7) is 1.20. The van der Waals surface area contributed by atoms with Crippen molar-refractivity contribution in [2.24, 2.45) is 13.0 Å². The van der Waals surface area contributed by atoms with E-state index in [-0.39, 0.29) is 0 Å². The summed E-state index contributed by atoms with van der Waals surface area (Å²) in [6.07, 6.45) is 11.1. The van der Waals surface area contributed by atoms with Crippen LogP contribution in [0.3, 0.4) is 0 Å². The van der Waals surface area contributed by atoms with E-state index in [1.807, 2.05) is 13.2 Å². The van der Waals surface area contributed by atoms with Crippen molar-refractivity contribution in [3.63, 3.8) is 0 Å². The summed E-state index contributed by atoms with van der Waals surface area (Å²) >= 11 is 0. The second kappa shape index (κ2) is 6.37. The molecule has 2 aromatic rings. The molecule has 3 heterocycles. The number of hydrogen-bond acceptors (Lipinski definition) is 5. The first-order valence-corrected chi connectivity index (χ1v) is 9.52. The molecule has 3 rings (SSSR count). The number of aromatic nitrogens is 4. The molecule has 0 radical (unpaired) electrons. The Bertz CT molecular complexity index is 769. The van der Waals surface area contributed by atoms with Crippen LogP contribution in [0.1, 0.15) is 18.5 Å². The van der Waals surface area contributed by atoms with Gasteiger partial charge in [0.05, 0.1) is 30.0 Å². The third-order valence-corrected chi connectivity index (χ3v) is 5.42. The first-order chi connectivity index (χ1) is 10.9. The Morgan fingerprint density at radius 1 is 1.26 bits per heavy atom. The Morgan fingerprint density at radius 2 is 2.09 bits per heavy atom. The zero-order valence-electron chi connectivity index (χ0n) is 13.4. The lowest BCUT2D eigenvalue weighted by Gasteiger charge is -2.30. The van der Waals surface area contributed by atoms with Crippen molar-refractivity contribution in [1.82, 2.24) is 24.1 Å². The topological polar surface area (TPSA) is 81.0 Å². The summed E-state index contributed by atoms with van der Waals surface area (Å²) in [6, 6.07) is 0. The molecule has 0 bridgehead atoms. The van der Waals surface area contributed by atoms with E-state index in [0.717, 1.165) is 36.2 Å². The molecule has 1 saturated heterocycles. The molecule has 0 aliphatic carbocycles. The highest BCUT2D eigenvalue weighted by atomic mass is 32.2. The van der Waals surface area contributed by atoms with Crippen molar-refractivity contribution >= 4 is 10.0 Å². The van der Waals surface area contributed by atoms with E-state index in [0.29, 0.717) is 19.0 Å². The van der Waals surface area contributed by atoms with Crippen molar-refractivity contribution in [2.45, 2.75) is 19.3 Å². The number of sulfonamides is 1. The van der Waals surface area contributed by atoms with Gasteiger partial charge in [-0.3, -0.25) is 14.6 Å². The van der Waals surface area contributed by atoms with Gasteiger partial charge in [0.1, 0.15) is 0 Å². The standard InChI is InChI=1S/C15H21N5O2S/c1-19-11-13(7-18-19)15-9-16-14(8-17-15)6-12-4-3-5-20(10-12)23(2,21)22/h7-9,11-12H,3-6,10H2,1-2H3/t12-/m1/s1. The van der Waals surface area contributed by atoms with Crippen molar-refractivity contribution in [1.29, 1.82) is 0 Å². The van der Waals surface area contributed by atoms with Crippen LogP contribution in [0.4, 0.5) is 0 Å². The molecule has 1 atom stereocenters. The summed E-state index contributed by atoms with van der Waals surface area (Å²) in [5.74, 6) is 0.303. The largest absolute Gasteiger partial charge is 0.275 e. The number of hydrogen-bond donors (Lipinski definition) is 0. The van der Waals surface area contributed by atoms with Crippen LogP contribution in [0.15, 0.2) is 24.8 Å². The van der Waals surface area contributed by atoms with Crippen molar-refractivity contribution in [3.05, 3.63) is 30.5 Å². The molecule has 0 unspecified atom stereocenters. The number of aryl methyl sites for hydroxylation is 1. The van der Waals surface area contributed by atoms with Crippen LogP contribution in [-0.4, -0.2) is 51.8 Å². The van der Waals surface area contributed by atoms with Crippen LogP contribution in [0.25, 0.3) is 11.3 Å². The molecule has 0 saturated carbocycles. The zero-order valence-corrected chi connectivity index (χ0v) is 14.2. The van der Waals surface area contributed by atoms with Gasteiger partial charge in [0, 0.05) is 38.1 Å². The summed E-state index contributed by atoms with van der Waals surface area (Å²) in [7, 11) is -1.24. The minimum Gasteiger partial charge on any atom is -0.275 e. The van der Waals surface area contributed by atoms with Crippen LogP contribution in [-0.2, 0) is 23.5 Å². The minimum absolute atomic E-state index is 0.303. The monoisotopic (exact) mass is 335 g/mol. The van der Waals surface area contributed by atoms with Crippen LogP contribution < -0.4 is 0 Å². The average Bonchev–Trinajstić information content (AvgIpc) is 2.94. The van der Waals surface area contributed by atoms with Gasteiger partial charge in [0.15, 0.2) is 0 Å². The lowest BCUT2D eigenvalue weighted by Crippen LogP contribution is -2.39. The van der Waals surface area contributed by atoms with Gasteiger partial charge in [-0.05, 0) is 25.2 Å². The van der Waals surface area contributed by atoms with Gasteiger partial charge in [-0.1, -0.05) is 0 Å². The number of piperidine rings is 1. The highest BCUT2D eigenvalue weighted by Crippen LogP contribution is 2.22. The van der Waals surface area contributed by atoms with Gasteiger partial charge in [0.25, 0.3) is 0 Å². The van der Waals surface area contributed by atoms with Crippen molar-refractivity contribution in [3.8, 4) is 11.3 Å². The quantitative estimate of drug-likeness (QED) is 0.835. The van der Waals surface area contributed by atoms with Crippen LogP contribution in [0.5, 0.6) is 0 Å². The molecule has 0 spiro atoms. The number of nitrogens with zero attached hydrogens (tertiary/aromatic N) is 5. The molecule has 23 heavy (non-hydrogen) atoms. The van der Waals surface area contributed by atoms with Gasteiger partial charge in [-0.2, -0.15) is 5.10 Å². The van der Waals surface area contributed by atoms with Gasteiger partial charge < -0.3 is 0 Å². The highest BCUT2D eigenvalue weighted by molar-refractivity contribution is 7.88. The Labute approximate surface area is 136 Å². The summed E-state index contributed by atoms with van der Waals surface area (Å²) in [5, 5.41) is 4.13. The predicted molar refractivity (Wildman–Crippen MR) is 87.1 cm³/mol. The van der Waals surface area contributed by atoms with Gasteiger partial charge in [0.2, 0.25) is 10.0 Å². The third-order valence-electron chi connectivity index (χ3n) is 4.15. The predicted octanol–water partition coefficient (Wildman–Crippen LogP) is 1.09. The van der Waals surface area contributed by atoms with Crippen molar-refractivity contribution in [2.75, 3.05) is 19.3 Å².